The van der Waals surface area contributed by atoms with Crippen LogP contribution in [-0.4, -0.2) is 37.1 Å². The second-order valence-corrected chi connectivity index (χ2v) is 6.09. The molecular formula is C18H23NO3. The average molecular weight is 301 g/mol. The van der Waals surface area contributed by atoms with Gasteiger partial charge in [-0.3, -0.25) is 4.79 Å². The number of likely N-dealkylation sites (tertiary alicyclic amines) is 1. The third-order valence-corrected chi connectivity index (χ3v) is 4.16. The lowest BCUT2D eigenvalue weighted by atomic mass is 10.1. The van der Waals surface area contributed by atoms with Crippen LogP contribution in [0.3, 0.4) is 0 Å². The monoisotopic (exact) mass is 301 g/mol. The van der Waals surface area contributed by atoms with Crippen LogP contribution in [0.5, 0.6) is 0 Å². The maximum absolute atomic E-state index is 12.6. The molecule has 0 saturated carbocycles. The van der Waals surface area contributed by atoms with Crippen molar-refractivity contribution < 1.29 is 13.9 Å². The van der Waals surface area contributed by atoms with Gasteiger partial charge in [0.05, 0.1) is 6.61 Å². The molecule has 1 aromatic heterocycles. The summed E-state index contributed by atoms with van der Waals surface area (Å²) in [6.07, 6.45) is 2.07. The smallest absolute Gasteiger partial charge is 0.253 e. The molecule has 0 radical (unpaired) electrons. The predicted molar refractivity (Wildman–Crippen MR) is 86.1 cm³/mol. The predicted octanol–water partition coefficient (Wildman–Crippen LogP) is 3.63. The number of benzene rings is 1. The largest absolute Gasteiger partial charge is 0.461 e. The van der Waals surface area contributed by atoms with Crippen molar-refractivity contribution in [2.24, 2.45) is 5.92 Å². The number of carbonyl (C=O) groups excluding carboxylic acids is 1. The average Bonchev–Trinajstić information content (AvgIpc) is 3.11. The number of nitrogens with zero attached hydrogens (tertiary/aromatic N) is 1. The molecule has 4 heteroatoms. The Kier molecular flexibility index (Phi) is 4.48. The van der Waals surface area contributed by atoms with Gasteiger partial charge < -0.3 is 14.1 Å². The van der Waals surface area contributed by atoms with E-state index in [0.29, 0.717) is 5.92 Å². The number of amides is 1. The van der Waals surface area contributed by atoms with E-state index in [2.05, 4.69) is 6.92 Å². The van der Waals surface area contributed by atoms with Crippen molar-refractivity contribution in [3.63, 3.8) is 0 Å². The Bertz CT molecular complexity index is 661. The first-order valence-corrected chi connectivity index (χ1v) is 8.04. The molecule has 2 aromatic rings. The van der Waals surface area contributed by atoms with E-state index in [1.54, 1.807) is 0 Å². The topological polar surface area (TPSA) is 42.7 Å². The Labute approximate surface area is 131 Å². The summed E-state index contributed by atoms with van der Waals surface area (Å²) < 4.78 is 11.2. The maximum Gasteiger partial charge on any atom is 0.253 e. The van der Waals surface area contributed by atoms with E-state index in [1.807, 2.05) is 36.1 Å². The van der Waals surface area contributed by atoms with E-state index >= 15 is 0 Å². The molecular weight excluding hydrogens is 278 g/mol. The summed E-state index contributed by atoms with van der Waals surface area (Å²) in [6, 6.07) is 7.63. The zero-order chi connectivity index (χ0) is 15.5. The van der Waals surface area contributed by atoms with Gasteiger partial charge in [0.25, 0.3) is 5.91 Å². The van der Waals surface area contributed by atoms with Gasteiger partial charge in [0.2, 0.25) is 0 Å². The van der Waals surface area contributed by atoms with E-state index in [-0.39, 0.29) is 5.91 Å². The molecule has 0 N–H and O–H groups in total. The highest BCUT2D eigenvalue weighted by atomic mass is 16.5. The Morgan fingerprint density at radius 2 is 2.27 bits per heavy atom. The van der Waals surface area contributed by atoms with Crippen LogP contribution >= 0.6 is 0 Å². The fourth-order valence-corrected chi connectivity index (χ4v) is 3.04. The quantitative estimate of drug-likeness (QED) is 0.792. The highest BCUT2D eigenvalue weighted by Gasteiger charge is 2.27. The van der Waals surface area contributed by atoms with Crippen molar-refractivity contribution in [1.82, 2.24) is 4.90 Å². The van der Waals surface area contributed by atoms with Crippen LogP contribution < -0.4 is 0 Å². The highest BCUT2D eigenvalue weighted by molar-refractivity contribution is 5.98. The minimum Gasteiger partial charge on any atom is -0.461 e. The first kappa shape index (κ1) is 15.1. The van der Waals surface area contributed by atoms with E-state index < -0.39 is 0 Å². The summed E-state index contributed by atoms with van der Waals surface area (Å²) in [7, 11) is 0. The first-order chi connectivity index (χ1) is 10.7. The number of hydrogen-bond acceptors (Lipinski definition) is 3. The molecule has 1 aliphatic heterocycles. The lowest BCUT2D eigenvalue weighted by Crippen LogP contribution is -2.29. The molecule has 1 aliphatic rings. The van der Waals surface area contributed by atoms with Crippen LogP contribution in [0.4, 0.5) is 0 Å². The van der Waals surface area contributed by atoms with Gasteiger partial charge in [-0.25, -0.2) is 0 Å². The SMILES string of the molecule is CCCOC[C@H]1CCN(C(=O)c2ccc3oc(C)cc3c2)C1. The molecule has 1 aromatic carbocycles. The number of hydrogen-bond donors (Lipinski definition) is 0. The van der Waals surface area contributed by atoms with Crippen molar-refractivity contribution in [2.75, 3.05) is 26.3 Å². The van der Waals surface area contributed by atoms with E-state index in [4.69, 9.17) is 9.15 Å². The third kappa shape index (κ3) is 3.17. The minimum absolute atomic E-state index is 0.110. The molecule has 1 amide bonds. The van der Waals surface area contributed by atoms with Crippen molar-refractivity contribution in [3.05, 3.63) is 35.6 Å². The third-order valence-electron chi connectivity index (χ3n) is 4.16. The van der Waals surface area contributed by atoms with Gasteiger partial charge in [-0.2, -0.15) is 0 Å². The fourth-order valence-electron chi connectivity index (χ4n) is 3.04. The maximum atomic E-state index is 12.6. The fraction of sp³-hybridized carbons (Fsp3) is 0.500. The first-order valence-electron chi connectivity index (χ1n) is 8.04. The molecule has 22 heavy (non-hydrogen) atoms. The van der Waals surface area contributed by atoms with Crippen molar-refractivity contribution in [1.29, 1.82) is 0 Å². The molecule has 0 bridgehead atoms. The minimum atomic E-state index is 0.110. The van der Waals surface area contributed by atoms with Gasteiger partial charge >= 0.3 is 0 Å². The van der Waals surface area contributed by atoms with E-state index in [1.165, 1.54) is 0 Å². The molecule has 0 spiro atoms. The van der Waals surface area contributed by atoms with E-state index in [9.17, 15) is 4.79 Å². The van der Waals surface area contributed by atoms with Crippen molar-refractivity contribution >= 4 is 16.9 Å². The molecule has 2 heterocycles. The second kappa shape index (κ2) is 6.53. The summed E-state index contributed by atoms with van der Waals surface area (Å²) in [4.78, 5) is 14.6. The van der Waals surface area contributed by atoms with Crippen LogP contribution in [0.25, 0.3) is 11.0 Å². The van der Waals surface area contributed by atoms with Gasteiger partial charge in [0.15, 0.2) is 0 Å². The Balaban J connectivity index is 1.65. The van der Waals surface area contributed by atoms with Crippen molar-refractivity contribution in [2.45, 2.75) is 26.7 Å². The summed E-state index contributed by atoms with van der Waals surface area (Å²) in [5, 5.41) is 0.991. The molecule has 118 valence electrons. The van der Waals surface area contributed by atoms with Gasteiger partial charge in [-0.05, 0) is 44.0 Å². The molecule has 1 saturated heterocycles. The molecule has 3 rings (SSSR count). The molecule has 4 nitrogen and oxygen atoms in total. The van der Waals surface area contributed by atoms with Crippen LogP contribution in [-0.2, 0) is 4.74 Å². The van der Waals surface area contributed by atoms with Gasteiger partial charge in [0, 0.05) is 36.6 Å². The van der Waals surface area contributed by atoms with Crippen LogP contribution in [0.1, 0.15) is 35.9 Å². The normalized spacial score (nSPS) is 18.3. The van der Waals surface area contributed by atoms with Crippen molar-refractivity contribution in [3.8, 4) is 0 Å². The summed E-state index contributed by atoms with van der Waals surface area (Å²) in [5.74, 6) is 1.45. The van der Waals surface area contributed by atoms with E-state index in [0.717, 1.165) is 61.4 Å². The molecule has 1 fully saturated rings. The van der Waals surface area contributed by atoms with Crippen LogP contribution in [0.2, 0.25) is 0 Å². The van der Waals surface area contributed by atoms with Crippen LogP contribution in [0.15, 0.2) is 28.7 Å². The number of aryl methyl sites for hydroxylation is 1. The number of ether oxygens (including phenoxy) is 1. The number of fused-ring (bicyclic) bond motifs is 1. The number of carbonyl (C=O) groups is 1. The van der Waals surface area contributed by atoms with Crippen LogP contribution in [0, 0.1) is 12.8 Å². The van der Waals surface area contributed by atoms with Gasteiger partial charge in [-0.1, -0.05) is 6.92 Å². The molecule has 1 atom stereocenters. The standard InChI is InChI=1S/C18H23NO3/c1-3-8-21-12-14-6-7-19(11-14)18(20)15-4-5-17-16(10-15)9-13(2)22-17/h4-5,9-10,14H,3,6-8,11-12H2,1-2H3/t14-/m0/s1. The second-order valence-electron chi connectivity index (χ2n) is 6.09. The highest BCUT2D eigenvalue weighted by Crippen LogP contribution is 2.23. The lowest BCUT2D eigenvalue weighted by molar-refractivity contribution is 0.0754. The Hall–Kier alpha value is -1.81. The zero-order valence-electron chi connectivity index (χ0n) is 13.3. The number of furan rings is 1. The summed E-state index contributed by atoms with van der Waals surface area (Å²) in [6.45, 7) is 7.21. The number of rotatable bonds is 5. The summed E-state index contributed by atoms with van der Waals surface area (Å²) in [5.41, 5.74) is 1.57. The molecule has 0 aliphatic carbocycles. The van der Waals surface area contributed by atoms with Gasteiger partial charge in [-0.15, -0.1) is 0 Å². The molecule has 0 unspecified atom stereocenters. The van der Waals surface area contributed by atoms with Gasteiger partial charge in [0.1, 0.15) is 11.3 Å². The lowest BCUT2D eigenvalue weighted by Gasteiger charge is -2.16. The Morgan fingerprint density at radius 3 is 3.09 bits per heavy atom. The Morgan fingerprint density at radius 1 is 1.41 bits per heavy atom. The zero-order valence-corrected chi connectivity index (χ0v) is 13.3. The summed E-state index contributed by atoms with van der Waals surface area (Å²) >= 11 is 0.